The fourth-order valence-electron chi connectivity index (χ4n) is 1.53. The number of benzene rings is 1. The van der Waals surface area contributed by atoms with Gasteiger partial charge in [-0.1, -0.05) is 29.8 Å². The Kier molecular flexibility index (Phi) is 4.49. The SMILES string of the molecule is Cc1ccc(CNc2nccc(OCC(=O)O)n2)cc1. The van der Waals surface area contributed by atoms with Gasteiger partial charge in [0.25, 0.3) is 0 Å². The molecule has 2 rings (SSSR count). The molecule has 1 aromatic carbocycles. The maximum Gasteiger partial charge on any atom is 0.341 e. The summed E-state index contributed by atoms with van der Waals surface area (Å²) in [4.78, 5) is 18.5. The van der Waals surface area contributed by atoms with Gasteiger partial charge in [0, 0.05) is 18.8 Å². The van der Waals surface area contributed by atoms with E-state index in [1.54, 1.807) is 0 Å². The predicted molar refractivity (Wildman–Crippen MR) is 73.7 cm³/mol. The Morgan fingerprint density at radius 3 is 2.75 bits per heavy atom. The lowest BCUT2D eigenvalue weighted by Crippen LogP contribution is -2.11. The fraction of sp³-hybridized carbons (Fsp3) is 0.214. The molecule has 0 saturated carbocycles. The summed E-state index contributed by atoms with van der Waals surface area (Å²) >= 11 is 0. The van der Waals surface area contributed by atoms with Crippen LogP contribution in [0.4, 0.5) is 5.95 Å². The third kappa shape index (κ3) is 4.24. The smallest absolute Gasteiger partial charge is 0.341 e. The van der Waals surface area contributed by atoms with Gasteiger partial charge < -0.3 is 15.2 Å². The van der Waals surface area contributed by atoms with Crippen molar-refractivity contribution in [2.24, 2.45) is 0 Å². The largest absolute Gasteiger partial charge is 0.479 e. The zero-order chi connectivity index (χ0) is 14.4. The number of rotatable bonds is 6. The van der Waals surface area contributed by atoms with E-state index in [0.29, 0.717) is 12.5 Å². The molecule has 0 atom stereocenters. The third-order valence-corrected chi connectivity index (χ3v) is 2.54. The topological polar surface area (TPSA) is 84.3 Å². The predicted octanol–water partition coefficient (Wildman–Crippen LogP) is 1.86. The van der Waals surface area contributed by atoms with Crippen molar-refractivity contribution in [3.05, 3.63) is 47.7 Å². The molecule has 0 unspecified atom stereocenters. The van der Waals surface area contributed by atoms with E-state index in [1.807, 2.05) is 31.2 Å². The van der Waals surface area contributed by atoms with Gasteiger partial charge in [0.2, 0.25) is 11.8 Å². The van der Waals surface area contributed by atoms with Crippen molar-refractivity contribution in [3.8, 4) is 5.88 Å². The molecule has 1 aromatic heterocycles. The van der Waals surface area contributed by atoms with Crippen molar-refractivity contribution in [2.45, 2.75) is 13.5 Å². The van der Waals surface area contributed by atoms with Crippen LogP contribution in [-0.4, -0.2) is 27.7 Å². The van der Waals surface area contributed by atoms with E-state index in [2.05, 4.69) is 15.3 Å². The van der Waals surface area contributed by atoms with Crippen LogP contribution >= 0.6 is 0 Å². The zero-order valence-electron chi connectivity index (χ0n) is 11.0. The van der Waals surface area contributed by atoms with E-state index in [4.69, 9.17) is 9.84 Å². The molecule has 1 heterocycles. The molecule has 6 heteroatoms. The van der Waals surface area contributed by atoms with Crippen molar-refractivity contribution >= 4 is 11.9 Å². The summed E-state index contributed by atoms with van der Waals surface area (Å²) in [5, 5.41) is 11.6. The van der Waals surface area contributed by atoms with E-state index >= 15 is 0 Å². The summed E-state index contributed by atoms with van der Waals surface area (Å²) in [5.74, 6) is -0.417. The average molecular weight is 273 g/mol. The lowest BCUT2D eigenvalue weighted by Gasteiger charge is -2.07. The van der Waals surface area contributed by atoms with Crippen LogP contribution in [0.1, 0.15) is 11.1 Å². The monoisotopic (exact) mass is 273 g/mol. The molecule has 0 aliphatic carbocycles. The fourth-order valence-corrected chi connectivity index (χ4v) is 1.53. The first-order valence-corrected chi connectivity index (χ1v) is 6.10. The number of nitrogens with zero attached hydrogens (tertiary/aromatic N) is 2. The van der Waals surface area contributed by atoms with Crippen molar-refractivity contribution in [3.63, 3.8) is 0 Å². The highest BCUT2D eigenvalue weighted by molar-refractivity contribution is 5.68. The molecule has 20 heavy (non-hydrogen) atoms. The van der Waals surface area contributed by atoms with Crippen molar-refractivity contribution in [1.82, 2.24) is 9.97 Å². The number of aliphatic carboxylic acids is 1. The Hall–Kier alpha value is -2.63. The standard InChI is InChI=1S/C14H15N3O3/c1-10-2-4-11(5-3-10)8-16-14-15-7-6-12(17-14)20-9-13(18)19/h2-7H,8-9H2,1H3,(H,18,19)(H,15,16,17). The summed E-state index contributed by atoms with van der Waals surface area (Å²) in [7, 11) is 0. The minimum absolute atomic E-state index is 0.230. The van der Waals surface area contributed by atoms with Gasteiger partial charge in [-0.15, -0.1) is 0 Å². The van der Waals surface area contributed by atoms with Gasteiger partial charge in [-0.05, 0) is 12.5 Å². The van der Waals surface area contributed by atoms with Crippen LogP contribution in [0.2, 0.25) is 0 Å². The van der Waals surface area contributed by atoms with Crippen LogP contribution in [0.5, 0.6) is 5.88 Å². The number of carboxylic acids is 1. The second kappa shape index (κ2) is 6.51. The van der Waals surface area contributed by atoms with Crippen molar-refractivity contribution in [1.29, 1.82) is 0 Å². The van der Waals surface area contributed by atoms with Gasteiger partial charge in [-0.3, -0.25) is 0 Å². The Morgan fingerprint density at radius 1 is 1.30 bits per heavy atom. The van der Waals surface area contributed by atoms with Gasteiger partial charge in [0.15, 0.2) is 6.61 Å². The van der Waals surface area contributed by atoms with E-state index in [9.17, 15) is 4.79 Å². The van der Waals surface area contributed by atoms with Gasteiger partial charge in [-0.2, -0.15) is 4.98 Å². The molecular weight excluding hydrogens is 258 g/mol. The van der Waals surface area contributed by atoms with Crippen LogP contribution in [-0.2, 0) is 11.3 Å². The number of aromatic nitrogens is 2. The van der Waals surface area contributed by atoms with Crippen molar-refractivity contribution in [2.75, 3.05) is 11.9 Å². The Bertz CT molecular complexity index is 584. The number of anilines is 1. The molecule has 0 bridgehead atoms. The highest BCUT2D eigenvalue weighted by atomic mass is 16.5. The van der Waals surface area contributed by atoms with Crippen LogP contribution in [0.3, 0.4) is 0 Å². The zero-order valence-corrected chi connectivity index (χ0v) is 11.0. The van der Waals surface area contributed by atoms with Gasteiger partial charge in [-0.25, -0.2) is 9.78 Å². The first-order valence-electron chi connectivity index (χ1n) is 6.10. The number of aryl methyl sites for hydroxylation is 1. The molecule has 0 saturated heterocycles. The van der Waals surface area contributed by atoms with E-state index in [-0.39, 0.29) is 5.88 Å². The second-order valence-corrected chi connectivity index (χ2v) is 4.24. The first kappa shape index (κ1) is 13.8. The molecule has 2 N–H and O–H groups in total. The number of nitrogens with one attached hydrogen (secondary N) is 1. The number of hydrogen-bond donors (Lipinski definition) is 2. The Morgan fingerprint density at radius 2 is 2.05 bits per heavy atom. The first-order chi connectivity index (χ1) is 9.63. The molecule has 0 aliphatic rings. The lowest BCUT2D eigenvalue weighted by molar-refractivity contribution is -0.139. The van der Waals surface area contributed by atoms with Gasteiger partial charge >= 0.3 is 5.97 Å². The molecule has 0 amide bonds. The molecule has 6 nitrogen and oxygen atoms in total. The maximum atomic E-state index is 10.4. The van der Waals surface area contributed by atoms with Gasteiger partial charge in [0.05, 0.1) is 0 Å². The lowest BCUT2D eigenvalue weighted by atomic mass is 10.1. The van der Waals surface area contributed by atoms with Crippen LogP contribution in [0.15, 0.2) is 36.5 Å². The van der Waals surface area contributed by atoms with Gasteiger partial charge in [0.1, 0.15) is 0 Å². The number of ether oxygens (including phenoxy) is 1. The highest BCUT2D eigenvalue weighted by Crippen LogP contribution is 2.10. The average Bonchev–Trinajstić information content (AvgIpc) is 2.45. The molecule has 0 radical (unpaired) electrons. The second-order valence-electron chi connectivity index (χ2n) is 4.24. The summed E-state index contributed by atoms with van der Waals surface area (Å²) in [6.07, 6.45) is 1.52. The summed E-state index contributed by atoms with van der Waals surface area (Å²) in [6, 6.07) is 9.62. The molecule has 2 aromatic rings. The highest BCUT2D eigenvalue weighted by Gasteiger charge is 2.03. The molecular formula is C14H15N3O3. The maximum absolute atomic E-state index is 10.4. The van der Waals surface area contributed by atoms with E-state index in [1.165, 1.54) is 17.8 Å². The van der Waals surface area contributed by atoms with E-state index in [0.717, 1.165) is 5.56 Å². The van der Waals surface area contributed by atoms with Crippen LogP contribution in [0, 0.1) is 6.92 Å². The van der Waals surface area contributed by atoms with Crippen molar-refractivity contribution < 1.29 is 14.6 Å². The Balaban J connectivity index is 1.94. The normalized spacial score (nSPS) is 10.1. The molecule has 0 spiro atoms. The molecule has 104 valence electrons. The number of carbonyl (C=O) groups is 1. The third-order valence-electron chi connectivity index (χ3n) is 2.54. The molecule has 0 aliphatic heterocycles. The molecule has 0 fully saturated rings. The van der Waals surface area contributed by atoms with E-state index < -0.39 is 12.6 Å². The minimum atomic E-state index is -1.04. The number of hydrogen-bond acceptors (Lipinski definition) is 5. The minimum Gasteiger partial charge on any atom is -0.479 e. The van der Waals surface area contributed by atoms with Crippen LogP contribution < -0.4 is 10.1 Å². The summed E-state index contributed by atoms with van der Waals surface area (Å²) in [6.45, 7) is 2.20. The Labute approximate surface area is 116 Å². The quantitative estimate of drug-likeness (QED) is 0.835. The number of carboxylic acid groups (broad SMARTS) is 1. The summed E-state index contributed by atoms with van der Waals surface area (Å²) in [5.41, 5.74) is 2.31. The summed E-state index contributed by atoms with van der Waals surface area (Å²) < 4.78 is 4.99. The van der Waals surface area contributed by atoms with Crippen LogP contribution in [0.25, 0.3) is 0 Å².